The molecule has 2 amide bonds. The lowest BCUT2D eigenvalue weighted by atomic mass is 10.1. The van der Waals surface area contributed by atoms with Crippen LogP contribution in [0.25, 0.3) is 0 Å². The number of hydroxylamine groups is 2. The lowest BCUT2D eigenvalue weighted by Gasteiger charge is -2.36. The summed E-state index contributed by atoms with van der Waals surface area (Å²) in [5.74, 6) is -1.41. The highest BCUT2D eigenvalue weighted by molar-refractivity contribution is 8.24. The van der Waals surface area contributed by atoms with E-state index in [1.54, 1.807) is 13.8 Å². The molecular formula is C14H17F2N3O2S2. The molecule has 1 atom stereocenters. The third-order valence-corrected chi connectivity index (χ3v) is 5.18. The molecule has 0 aromatic heterocycles. The normalized spacial score (nSPS) is 19.8. The van der Waals surface area contributed by atoms with Crippen molar-refractivity contribution in [3.8, 4) is 0 Å². The van der Waals surface area contributed by atoms with Crippen molar-refractivity contribution in [3.63, 3.8) is 0 Å². The summed E-state index contributed by atoms with van der Waals surface area (Å²) in [6.07, 6.45) is -0.862. The van der Waals surface area contributed by atoms with Gasteiger partial charge in [0.1, 0.15) is 22.1 Å². The summed E-state index contributed by atoms with van der Waals surface area (Å²) in [6.45, 7) is 3.39. The van der Waals surface area contributed by atoms with E-state index >= 15 is 0 Å². The van der Waals surface area contributed by atoms with Crippen LogP contribution in [-0.4, -0.2) is 43.5 Å². The molecule has 9 heteroatoms. The van der Waals surface area contributed by atoms with Crippen molar-refractivity contribution in [2.45, 2.75) is 31.3 Å². The Balaban J connectivity index is 2.38. The predicted molar refractivity (Wildman–Crippen MR) is 88.0 cm³/mol. The minimum atomic E-state index is -0.862. The third-order valence-electron chi connectivity index (χ3n) is 3.55. The molecule has 0 spiro atoms. The Morgan fingerprint density at radius 1 is 1.48 bits per heavy atom. The largest absolute Gasteiger partial charge is 0.342 e. The second-order valence-corrected chi connectivity index (χ2v) is 7.86. The number of urea groups is 1. The first-order valence-corrected chi connectivity index (χ1v) is 8.04. The lowest BCUT2D eigenvalue weighted by molar-refractivity contribution is -0.119. The fourth-order valence-corrected chi connectivity index (χ4v) is 4.34. The molecule has 2 N–H and O–H groups in total. The highest BCUT2D eigenvalue weighted by atomic mass is 32.2. The number of amides is 2. The summed E-state index contributed by atoms with van der Waals surface area (Å²) in [5.41, 5.74) is -0.163. The van der Waals surface area contributed by atoms with Gasteiger partial charge in [-0.2, -0.15) is 5.06 Å². The van der Waals surface area contributed by atoms with E-state index in [2.05, 4.69) is 5.32 Å². The van der Waals surface area contributed by atoms with E-state index in [9.17, 15) is 18.8 Å². The van der Waals surface area contributed by atoms with E-state index in [-0.39, 0.29) is 12.1 Å². The van der Waals surface area contributed by atoms with Gasteiger partial charge in [0.25, 0.3) is 0 Å². The maximum atomic E-state index is 13.9. The number of hydrogen-bond donors (Lipinski definition) is 2. The van der Waals surface area contributed by atoms with Crippen molar-refractivity contribution in [1.29, 1.82) is 0 Å². The molecule has 0 radical (unpaired) electrons. The molecule has 1 heterocycles. The molecule has 1 aliphatic rings. The van der Waals surface area contributed by atoms with Gasteiger partial charge in [0.05, 0.1) is 11.3 Å². The number of benzene rings is 1. The van der Waals surface area contributed by atoms with Crippen LogP contribution in [0.3, 0.4) is 0 Å². The van der Waals surface area contributed by atoms with E-state index in [0.717, 1.165) is 12.1 Å². The van der Waals surface area contributed by atoms with Crippen LogP contribution in [0.1, 0.15) is 19.4 Å². The smallest absolute Gasteiger partial charge is 0.339 e. The first-order chi connectivity index (χ1) is 10.7. The Morgan fingerprint density at radius 2 is 2.04 bits per heavy atom. The zero-order valence-electron chi connectivity index (χ0n) is 12.8. The van der Waals surface area contributed by atoms with E-state index < -0.39 is 28.6 Å². The maximum absolute atomic E-state index is 13.9. The fourth-order valence-electron chi connectivity index (χ4n) is 2.47. The van der Waals surface area contributed by atoms with Gasteiger partial charge in [-0.15, -0.1) is 0 Å². The van der Waals surface area contributed by atoms with Crippen molar-refractivity contribution in [1.82, 2.24) is 15.3 Å². The zero-order chi connectivity index (χ0) is 17.4. The summed E-state index contributed by atoms with van der Waals surface area (Å²) < 4.78 is 27.5. The van der Waals surface area contributed by atoms with Gasteiger partial charge < -0.3 is 10.2 Å². The summed E-state index contributed by atoms with van der Waals surface area (Å²) in [7, 11) is 1.37. The molecule has 1 fully saturated rings. The Kier molecular flexibility index (Phi) is 5.12. The molecule has 1 aromatic carbocycles. The standard InChI is InChI=1S/C14H17F2N3O2S2/c1-14(2)11(19(21)12(20)17-3)18(13(22)23-14)7-8-9(15)5-4-6-10(8)16/h4-6,11,21H,7H2,1-3H3,(H,17,20)/t11-/m0/s1. The van der Waals surface area contributed by atoms with Crippen molar-refractivity contribution in [2.75, 3.05) is 7.05 Å². The van der Waals surface area contributed by atoms with Gasteiger partial charge in [-0.3, -0.25) is 5.21 Å². The van der Waals surface area contributed by atoms with E-state index in [0.29, 0.717) is 9.38 Å². The average Bonchev–Trinajstić information content (AvgIpc) is 2.70. The summed E-state index contributed by atoms with van der Waals surface area (Å²) >= 11 is 6.53. The molecule has 5 nitrogen and oxygen atoms in total. The Bertz CT molecular complexity index is 622. The Morgan fingerprint density at radius 3 is 2.57 bits per heavy atom. The first kappa shape index (κ1) is 17.9. The van der Waals surface area contributed by atoms with Crippen LogP contribution in [0.4, 0.5) is 13.6 Å². The highest BCUT2D eigenvalue weighted by Gasteiger charge is 2.49. The number of thioether (sulfide) groups is 1. The Hall–Kier alpha value is -1.45. The average molecular weight is 361 g/mol. The van der Waals surface area contributed by atoms with Crippen molar-refractivity contribution < 1.29 is 18.8 Å². The molecule has 126 valence electrons. The maximum Gasteiger partial charge on any atom is 0.342 e. The molecule has 0 unspecified atom stereocenters. The number of carbonyl (C=O) groups excluding carboxylic acids is 1. The number of nitrogens with one attached hydrogen (secondary N) is 1. The predicted octanol–water partition coefficient (Wildman–Crippen LogP) is 2.93. The van der Waals surface area contributed by atoms with E-state index in [4.69, 9.17) is 12.2 Å². The molecule has 23 heavy (non-hydrogen) atoms. The van der Waals surface area contributed by atoms with Gasteiger partial charge in [0, 0.05) is 12.6 Å². The van der Waals surface area contributed by atoms with Gasteiger partial charge in [-0.1, -0.05) is 30.0 Å². The van der Waals surface area contributed by atoms with E-state index in [1.807, 2.05) is 0 Å². The van der Waals surface area contributed by atoms with E-state index in [1.165, 1.54) is 29.8 Å². The van der Waals surface area contributed by atoms with Crippen LogP contribution in [0.15, 0.2) is 18.2 Å². The van der Waals surface area contributed by atoms with Crippen LogP contribution >= 0.6 is 24.0 Å². The summed E-state index contributed by atoms with van der Waals surface area (Å²) in [6, 6.07) is 2.85. The number of nitrogens with zero attached hydrogens (tertiary/aromatic N) is 2. The van der Waals surface area contributed by atoms with Gasteiger partial charge in [-0.05, 0) is 26.0 Å². The Labute approximate surface area is 142 Å². The molecule has 2 rings (SSSR count). The monoisotopic (exact) mass is 361 g/mol. The molecule has 0 aliphatic carbocycles. The van der Waals surface area contributed by atoms with Crippen LogP contribution < -0.4 is 5.32 Å². The van der Waals surface area contributed by atoms with Gasteiger partial charge in [0.2, 0.25) is 0 Å². The number of carbonyl (C=O) groups is 1. The fraction of sp³-hybridized carbons (Fsp3) is 0.429. The molecule has 1 aromatic rings. The number of hydrogen-bond acceptors (Lipinski definition) is 4. The minimum Gasteiger partial charge on any atom is -0.339 e. The second kappa shape index (κ2) is 6.58. The molecule has 1 saturated heterocycles. The highest BCUT2D eigenvalue weighted by Crippen LogP contribution is 2.43. The van der Waals surface area contributed by atoms with Crippen molar-refractivity contribution in [2.24, 2.45) is 0 Å². The molecule has 0 bridgehead atoms. The minimum absolute atomic E-state index is 0.163. The number of thiocarbonyl (C=S) groups is 1. The van der Waals surface area contributed by atoms with Gasteiger partial charge in [-0.25, -0.2) is 13.6 Å². The number of halogens is 2. The summed E-state index contributed by atoms with van der Waals surface area (Å²) in [4.78, 5) is 13.2. The molecular weight excluding hydrogens is 344 g/mol. The van der Waals surface area contributed by atoms with Gasteiger partial charge in [0.15, 0.2) is 0 Å². The second-order valence-electron chi connectivity index (χ2n) is 5.57. The first-order valence-electron chi connectivity index (χ1n) is 6.81. The van der Waals surface area contributed by atoms with Crippen LogP contribution in [0.5, 0.6) is 0 Å². The van der Waals surface area contributed by atoms with Crippen molar-refractivity contribution in [3.05, 3.63) is 35.4 Å². The molecule has 1 aliphatic heterocycles. The number of rotatable bonds is 3. The van der Waals surface area contributed by atoms with Crippen LogP contribution in [0, 0.1) is 11.6 Å². The zero-order valence-corrected chi connectivity index (χ0v) is 14.5. The molecule has 0 saturated carbocycles. The topological polar surface area (TPSA) is 55.8 Å². The van der Waals surface area contributed by atoms with Crippen molar-refractivity contribution >= 4 is 34.3 Å². The SMILES string of the molecule is CNC(=O)N(O)[C@@H]1N(Cc2c(F)cccc2F)C(=S)SC1(C)C. The van der Waals surface area contributed by atoms with Gasteiger partial charge >= 0.3 is 6.03 Å². The van der Waals surface area contributed by atoms with Crippen LogP contribution in [-0.2, 0) is 6.54 Å². The quantitative estimate of drug-likeness (QED) is 0.493. The lowest BCUT2D eigenvalue weighted by Crippen LogP contribution is -2.56. The van der Waals surface area contributed by atoms with Crippen LogP contribution in [0.2, 0.25) is 0 Å². The summed E-state index contributed by atoms with van der Waals surface area (Å²) in [5, 5.41) is 13.0. The third kappa shape index (κ3) is 3.41.